The number of rotatable bonds is 1. The molecule has 0 aromatic carbocycles. The van der Waals surface area contributed by atoms with Gasteiger partial charge in [0, 0.05) is 25.1 Å². The second kappa shape index (κ2) is 2.38. The molecular weight excluding hydrogens is 136 g/mol. The van der Waals surface area contributed by atoms with Crippen LogP contribution in [0, 0.1) is 0 Å². The number of quaternary nitrogens is 1. The standard InChI is InChI=1S/C9H15N2/c1-11(7-2-3-8-11)9-5-4-6-10-9/h4-6,10H,2-3,7-8H2,1H3/q+1. The molecule has 1 aromatic heterocycles. The Morgan fingerprint density at radius 3 is 2.64 bits per heavy atom. The van der Waals surface area contributed by atoms with Crippen LogP contribution in [-0.2, 0) is 0 Å². The van der Waals surface area contributed by atoms with E-state index in [1.807, 2.05) is 6.20 Å². The van der Waals surface area contributed by atoms with Gasteiger partial charge in [-0.15, -0.1) is 0 Å². The predicted octanol–water partition coefficient (Wildman–Crippen LogP) is 1.75. The van der Waals surface area contributed by atoms with E-state index in [2.05, 4.69) is 24.2 Å². The Hall–Kier alpha value is -0.760. The first-order valence-corrected chi connectivity index (χ1v) is 4.30. The lowest BCUT2D eigenvalue weighted by Gasteiger charge is -2.26. The summed E-state index contributed by atoms with van der Waals surface area (Å²) < 4.78 is 1.10. The number of aromatic amines is 1. The maximum Gasteiger partial charge on any atom is 0.205 e. The topological polar surface area (TPSA) is 15.8 Å². The van der Waals surface area contributed by atoms with E-state index in [0.29, 0.717) is 0 Å². The van der Waals surface area contributed by atoms with Gasteiger partial charge in [0.15, 0.2) is 0 Å². The quantitative estimate of drug-likeness (QED) is 0.588. The van der Waals surface area contributed by atoms with E-state index >= 15 is 0 Å². The fraction of sp³-hybridized carbons (Fsp3) is 0.556. The molecule has 0 atom stereocenters. The molecule has 2 nitrogen and oxygen atoms in total. The van der Waals surface area contributed by atoms with Crippen molar-refractivity contribution in [3.05, 3.63) is 18.3 Å². The van der Waals surface area contributed by atoms with Crippen LogP contribution in [0.25, 0.3) is 0 Å². The van der Waals surface area contributed by atoms with Gasteiger partial charge in [-0.2, -0.15) is 0 Å². The average Bonchev–Trinajstić information content (AvgIpc) is 2.55. The first-order chi connectivity index (χ1) is 5.31. The van der Waals surface area contributed by atoms with Crippen LogP contribution >= 0.6 is 0 Å². The highest BCUT2D eigenvalue weighted by atomic mass is 15.4. The molecule has 0 saturated carbocycles. The first-order valence-electron chi connectivity index (χ1n) is 4.30. The molecule has 1 aliphatic rings. The Morgan fingerprint density at radius 1 is 1.36 bits per heavy atom. The zero-order chi connectivity index (χ0) is 7.73. The normalized spacial score (nSPS) is 22.3. The molecule has 1 N–H and O–H groups in total. The number of H-pyrrole nitrogens is 1. The number of nitrogens with one attached hydrogen (secondary N) is 1. The molecule has 2 heterocycles. The van der Waals surface area contributed by atoms with Crippen molar-refractivity contribution < 1.29 is 0 Å². The lowest BCUT2D eigenvalue weighted by molar-refractivity contribution is 0.397. The number of hydrogen-bond donors (Lipinski definition) is 1. The van der Waals surface area contributed by atoms with E-state index in [0.717, 1.165) is 4.48 Å². The molecule has 1 fully saturated rings. The number of likely N-dealkylation sites (tertiary alicyclic amines) is 1. The molecule has 2 heteroatoms. The first kappa shape index (κ1) is 6.92. The van der Waals surface area contributed by atoms with Crippen molar-refractivity contribution in [3.63, 3.8) is 0 Å². The van der Waals surface area contributed by atoms with E-state index in [1.165, 1.54) is 31.7 Å². The Kier molecular flexibility index (Phi) is 1.50. The molecule has 1 saturated heterocycles. The van der Waals surface area contributed by atoms with Crippen LogP contribution in [0.1, 0.15) is 12.8 Å². The molecule has 0 unspecified atom stereocenters. The van der Waals surface area contributed by atoms with Gasteiger partial charge in [0.25, 0.3) is 0 Å². The molecule has 2 rings (SSSR count). The number of aromatic nitrogens is 1. The monoisotopic (exact) mass is 151 g/mol. The van der Waals surface area contributed by atoms with Crippen LogP contribution in [0.2, 0.25) is 0 Å². The zero-order valence-corrected chi connectivity index (χ0v) is 7.01. The van der Waals surface area contributed by atoms with Crippen molar-refractivity contribution >= 4 is 5.82 Å². The van der Waals surface area contributed by atoms with Gasteiger partial charge < -0.3 is 4.98 Å². The Balaban J connectivity index is 2.27. The summed E-state index contributed by atoms with van der Waals surface area (Å²) in [5.74, 6) is 1.36. The van der Waals surface area contributed by atoms with Gasteiger partial charge in [-0.25, -0.2) is 0 Å². The van der Waals surface area contributed by atoms with Crippen LogP contribution in [-0.4, -0.2) is 25.1 Å². The third-order valence-corrected chi connectivity index (χ3v) is 2.72. The summed E-state index contributed by atoms with van der Waals surface area (Å²) in [4.78, 5) is 3.29. The number of nitrogens with zero attached hydrogens (tertiary/aromatic N) is 1. The second-order valence-electron chi connectivity index (χ2n) is 3.61. The van der Waals surface area contributed by atoms with Crippen LogP contribution in [0.15, 0.2) is 18.3 Å². The van der Waals surface area contributed by atoms with Crippen molar-refractivity contribution in [2.45, 2.75) is 12.8 Å². The largest absolute Gasteiger partial charge is 0.318 e. The zero-order valence-electron chi connectivity index (χ0n) is 7.01. The maximum absolute atomic E-state index is 3.29. The highest BCUT2D eigenvalue weighted by Gasteiger charge is 2.29. The lowest BCUT2D eigenvalue weighted by atomic mass is 10.4. The van der Waals surface area contributed by atoms with Gasteiger partial charge in [-0.3, -0.25) is 4.48 Å². The molecule has 0 radical (unpaired) electrons. The molecule has 60 valence electrons. The van der Waals surface area contributed by atoms with Crippen molar-refractivity contribution in [1.82, 2.24) is 9.47 Å². The highest BCUT2D eigenvalue weighted by Crippen LogP contribution is 2.24. The van der Waals surface area contributed by atoms with Gasteiger partial charge in [-0.1, -0.05) is 0 Å². The fourth-order valence-corrected chi connectivity index (χ4v) is 1.93. The molecule has 0 aliphatic carbocycles. The summed E-state index contributed by atoms with van der Waals surface area (Å²) in [7, 11) is 2.30. The van der Waals surface area contributed by atoms with E-state index in [9.17, 15) is 0 Å². The maximum atomic E-state index is 3.29. The van der Waals surface area contributed by atoms with E-state index in [1.54, 1.807) is 0 Å². The predicted molar refractivity (Wildman–Crippen MR) is 47.5 cm³/mol. The minimum atomic E-state index is 1.10. The fourth-order valence-electron chi connectivity index (χ4n) is 1.93. The summed E-state index contributed by atoms with van der Waals surface area (Å²) >= 11 is 0. The van der Waals surface area contributed by atoms with E-state index in [-0.39, 0.29) is 0 Å². The Bertz CT molecular complexity index is 220. The second-order valence-corrected chi connectivity index (χ2v) is 3.61. The number of hydrogen-bond acceptors (Lipinski definition) is 0. The summed E-state index contributed by atoms with van der Waals surface area (Å²) in [6.07, 6.45) is 4.75. The van der Waals surface area contributed by atoms with Crippen LogP contribution < -0.4 is 4.48 Å². The van der Waals surface area contributed by atoms with Crippen LogP contribution in [0.3, 0.4) is 0 Å². The SMILES string of the molecule is C[N+]1(c2ccc[nH]2)CCCC1. The van der Waals surface area contributed by atoms with Crippen molar-refractivity contribution in [3.8, 4) is 0 Å². The molecule has 11 heavy (non-hydrogen) atoms. The summed E-state index contributed by atoms with van der Waals surface area (Å²) in [6.45, 7) is 2.58. The molecule has 1 aromatic rings. The molecule has 0 bridgehead atoms. The smallest absolute Gasteiger partial charge is 0.205 e. The lowest BCUT2D eigenvalue weighted by Crippen LogP contribution is -2.41. The minimum Gasteiger partial charge on any atom is -0.318 e. The van der Waals surface area contributed by atoms with Crippen LogP contribution in [0.4, 0.5) is 5.82 Å². The van der Waals surface area contributed by atoms with Gasteiger partial charge in [0.05, 0.1) is 20.1 Å². The average molecular weight is 151 g/mol. The summed E-state index contributed by atoms with van der Waals surface area (Å²) in [5.41, 5.74) is 0. The minimum absolute atomic E-state index is 1.10. The van der Waals surface area contributed by atoms with Gasteiger partial charge in [-0.05, 0) is 6.07 Å². The molecule has 0 amide bonds. The third kappa shape index (κ3) is 1.07. The van der Waals surface area contributed by atoms with Crippen molar-refractivity contribution in [2.24, 2.45) is 0 Å². The van der Waals surface area contributed by atoms with Crippen molar-refractivity contribution in [1.29, 1.82) is 0 Å². The van der Waals surface area contributed by atoms with E-state index < -0.39 is 0 Å². The molecule has 1 aliphatic heterocycles. The van der Waals surface area contributed by atoms with Crippen LogP contribution in [0.5, 0.6) is 0 Å². The van der Waals surface area contributed by atoms with Crippen molar-refractivity contribution in [2.75, 3.05) is 20.1 Å². The highest BCUT2D eigenvalue weighted by molar-refractivity contribution is 5.34. The van der Waals surface area contributed by atoms with Gasteiger partial charge >= 0.3 is 0 Å². The Morgan fingerprint density at radius 2 is 2.09 bits per heavy atom. The van der Waals surface area contributed by atoms with E-state index in [4.69, 9.17) is 0 Å². The summed E-state index contributed by atoms with van der Waals surface area (Å²) in [5, 5.41) is 0. The van der Waals surface area contributed by atoms with Gasteiger partial charge in [0.2, 0.25) is 5.82 Å². The molecule has 0 spiro atoms. The van der Waals surface area contributed by atoms with Gasteiger partial charge in [0.1, 0.15) is 0 Å². The Labute approximate surface area is 67.4 Å². The molecular formula is C9H15N2+. The summed E-state index contributed by atoms with van der Waals surface area (Å²) in [6, 6.07) is 4.27. The third-order valence-electron chi connectivity index (χ3n) is 2.72.